The molecule has 4 amide bonds. The number of carbonyl (C=O) groups is 4. The lowest BCUT2D eigenvalue weighted by atomic mass is 10.0. The average molecular weight is 759 g/mol. The number of carbonyl (C=O) groups excluding carboxylic acids is 4. The third kappa shape index (κ3) is 8.02. The number of ether oxygens (including phenoxy) is 1. The Morgan fingerprint density at radius 3 is 2.59 bits per heavy atom. The summed E-state index contributed by atoms with van der Waals surface area (Å²) in [4.78, 5) is 63.9. The van der Waals surface area contributed by atoms with Gasteiger partial charge in [0.1, 0.15) is 35.6 Å². The van der Waals surface area contributed by atoms with E-state index < -0.39 is 35.4 Å². The lowest BCUT2D eigenvalue weighted by Gasteiger charge is -2.34. The second kappa shape index (κ2) is 15.8. The first-order valence-electron chi connectivity index (χ1n) is 17.5. The third-order valence-corrected chi connectivity index (χ3v) is 10.0. The Morgan fingerprint density at radius 1 is 1.04 bits per heavy atom. The van der Waals surface area contributed by atoms with Crippen LogP contribution in [0.15, 0.2) is 61.4 Å². The van der Waals surface area contributed by atoms with Gasteiger partial charge in [0.15, 0.2) is 0 Å². The van der Waals surface area contributed by atoms with Gasteiger partial charge in [-0.3, -0.25) is 29.4 Å². The molecule has 1 atom stereocenters. The Kier molecular flexibility index (Phi) is 10.8. The number of fused-ring (bicyclic) bond motifs is 2. The fourth-order valence-corrected chi connectivity index (χ4v) is 7.19. The summed E-state index contributed by atoms with van der Waals surface area (Å²) < 4.78 is 35.1. The largest absolute Gasteiger partial charge is 0.491 e. The highest BCUT2D eigenvalue weighted by Crippen LogP contribution is 2.35. The summed E-state index contributed by atoms with van der Waals surface area (Å²) in [6.07, 6.45) is 3.62. The molecule has 1 aromatic heterocycles. The molecule has 3 aromatic carbocycles. The van der Waals surface area contributed by atoms with Crippen molar-refractivity contribution in [3.63, 3.8) is 0 Å². The van der Waals surface area contributed by atoms with Crippen LogP contribution in [-0.4, -0.2) is 93.7 Å². The highest BCUT2D eigenvalue weighted by atomic mass is 35.5. The Bertz CT molecular complexity index is 2160. The van der Waals surface area contributed by atoms with Crippen molar-refractivity contribution in [1.29, 1.82) is 0 Å². The van der Waals surface area contributed by atoms with Gasteiger partial charge in [0, 0.05) is 69.4 Å². The lowest BCUT2D eigenvalue weighted by Crippen LogP contribution is -2.52. The number of hydrogen-bond acceptors (Lipinski definition) is 10. The van der Waals surface area contributed by atoms with Crippen molar-refractivity contribution in [3.8, 4) is 5.75 Å². The molecule has 54 heavy (non-hydrogen) atoms. The van der Waals surface area contributed by atoms with E-state index in [2.05, 4.69) is 42.3 Å². The summed E-state index contributed by atoms with van der Waals surface area (Å²) in [5, 5.41) is 8.74. The zero-order valence-corrected chi connectivity index (χ0v) is 29.9. The van der Waals surface area contributed by atoms with Crippen LogP contribution in [0.2, 0.25) is 5.02 Å². The van der Waals surface area contributed by atoms with E-state index >= 15 is 4.39 Å². The van der Waals surface area contributed by atoms with Crippen molar-refractivity contribution >= 4 is 63.3 Å². The minimum absolute atomic E-state index is 0.00275. The molecule has 1 unspecified atom stereocenters. The van der Waals surface area contributed by atoms with E-state index in [1.54, 1.807) is 12.1 Å². The molecule has 0 bridgehead atoms. The smallest absolute Gasteiger partial charge is 0.258 e. The van der Waals surface area contributed by atoms with Crippen molar-refractivity contribution in [2.24, 2.45) is 0 Å². The maximum absolute atomic E-state index is 15.2. The van der Waals surface area contributed by atoms with Gasteiger partial charge in [0.05, 0.1) is 28.4 Å². The topological polar surface area (TPSA) is 149 Å². The molecule has 0 spiro atoms. The van der Waals surface area contributed by atoms with Crippen molar-refractivity contribution in [2.75, 3.05) is 50.0 Å². The maximum Gasteiger partial charge on any atom is 0.258 e. The predicted octanol–water partition coefficient (Wildman–Crippen LogP) is 4.78. The number of halogens is 3. The van der Waals surface area contributed by atoms with Gasteiger partial charge in [0.25, 0.3) is 5.91 Å². The number of amides is 4. The van der Waals surface area contributed by atoms with E-state index in [1.165, 1.54) is 35.5 Å². The number of hydrogen-bond donors (Lipinski definition) is 3. The highest BCUT2D eigenvalue weighted by molar-refractivity contribution is 6.31. The Morgan fingerprint density at radius 2 is 1.83 bits per heavy atom. The minimum Gasteiger partial charge on any atom is -0.491 e. The Hall–Kier alpha value is -5.51. The van der Waals surface area contributed by atoms with Crippen molar-refractivity contribution in [3.05, 3.63) is 94.8 Å². The van der Waals surface area contributed by atoms with Crippen molar-refractivity contribution < 1.29 is 32.7 Å². The van der Waals surface area contributed by atoms with E-state index in [0.717, 1.165) is 44.4 Å². The number of anilines is 3. The fraction of sp³-hybridized carbons (Fsp3) is 0.316. The lowest BCUT2D eigenvalue weighted by molar-refractivity contribution is -0.137. The molecule has 3 aliphatic rings. The van der Waals surface area contributed by atoms with Crippen LogP contribution >= 0.6 is 11.6 Å². The molecular formula is C38H37ClF2N8O5. The number of aromatic nitrogens is 2. The Labute approximate surface area is 314 Å². The Balaban J connectivity index is 0.924. The van der Waals surface area contributed by atoms with Crippen LogP contribution in [0.25, 0.3) is 10.9 Å². The molecule has 7 rings (SSSR count). The standard InChI is InChI=1S/C38H37ClF2N8O5/c1-2-33(50)45-30-17-25-29(42-21-43-36(25)44-24-4-5-27(40)26(39)16-24)18-32(30)54-13-3-8-47-9-11-48(12-10-47)19-22-14-23-20-49(38(53)35(23)28(41)15-22)31-6-7-34(51)46-37(31)52/h2,4-5,14-18,21,31H,1,3,6-13,19-20H2,(H,45,50)(H,42,43,44)(H,46,51,52). The van der Waals surface area contributed by atoms with Crippen LogP contribution in [0, 0.1) is 11.6 Å². The molecule has 280 valence electrons. The van der Waals surface area contributed by atoms with Gasteiger partial charge in [-0.05, 0) is 60.4 Å². The monoisotopic (exact) mass is 758 g/mol. The molecule has 4 aromatic rings. The summed E-state index contributed by atoms with van der Waals surface area (Å²) in [5.41, 5.74) is 2.80. The van der Waals surface area contributed by atoms with Gasteiger partial charge in [-0.25, -0.2) is 18.7 Å². The zero-order chi connectivity index (χ0) is 37.9. The van der Waals surface area contributed by atoms with Crippen molar-refractivity contribution in [1.82, 2.24) is 30.0 Å². The fourth-order valence-electron chi connectivity index (χ4n) is 7.01. The molecule has 16 heteroatoms. The predicted molar refractivity (Wildman–Crippen MR) is 197 cm³/mol. The van der Waals surface area contributed by atoms with Crippen LogP contribution < -0.4 is 20.7 Å². The van der Waals surface area contributed by atoms with Crippen LogP contribution in [-0.2, 0) is 27.5 Å². The number of benzene rings is 3. The average Bonchev–Trinajstić information content (AvgIpc) is 3.48. The van der Waals surface area contributed by atoms with Gasteiger partial charge >= 0.3 is 0 Å². The SMILES string of the molecule is C=CC(=O)Nc1cc2c(Nc3ccc(F)c(Cl)c3)ncnc2cc1OCCCN1CCN(Cc2cc(F)c3c(c2)CN(C2CCC(=O)NC2=O)C3=O)CC1. The van der Waals surface area contributed by atoms with Crippen LogP contribution in [0.3, 0.4) is 0 Å². The molecule has 3 N–H and O–H groups in total. The molecule has 3 aliphatic heterocycles. The second-order valence-corrected chi connectivity index (χ2v) is 13.8. The number of piperazine rings is 1. The zero-order valence-electron chi connectivity index (χ0n) is 29.2. The van der Waals surface area contributed by atoms with E-state index in [4.69, 9.17) is 16.3 Å². The first-order valence-corrected chi connectivity index (χ1v) is 17.9. The molecule has 0 aliphatic carbocycles. The van der Waals surface area contributed by atoms with Crippen LogP contribution in [0.4, 0.5) is 26.0 Å². The van der Waals surface area contributed by atoms with Gasteiger partial charge in [-0.1, -0.05) is 24.2 Å². The van der Waals surface area contributed by atoms with Crippen LogP contribution in [0.1, 0.15) is 40.7 Å². The summed E-state index contributed by atoms with van der Waals surface area (Å²) in [7, 11) is 0. The highest BCUT2D eigenvalue weighted by Gasteiger charge is 2.40. The van der Waals surface area contributed by atoms with E-state index in [1.807, 2.05) is 6.07 Å². The minimum atomic E-state index is -0.794. The molecule has 2 saturated heterocycles. The maximum atomic E-state index is 15.2. The summed E-state index contributed by atoms with van der Waals surface area (Å²) in [5.74, 6) is -2.12. The van der Waals surface area contributed by atoms with Gasteiger partial charge in [-0.2, -0.15) is 0 Å². The molecule has 2 fully saturated rings. The molecular weight excluding hydrogens is 722 g/mol. The summed E-state index contributed by atoms with van der Waals surface area (Å²) >= 11 is 5.95. The summed E-state index contributed by atoms with van der Waals surface area (Å²) in [6, 6.07) is 10.1. The van der Waals surface area contributed by atoms with Crippen molar-refractivity contribution in [2.45, 2.75) is 38.4 Å². The number of nitrogens with zero attached hydrogens (tertiary/aromatic N) is 5. The summed E-state index contributed by atoms with van der Waals surface area (Å²) in [6.45, 7) is 8.48. The van der Waals surface area contributed by atoms with Crippen LogP contribution in [0.5, 0.6) is 5.75 Å². The van der Waals surface area contributed by atoms with Gasteiger partial charge in [-0.15, -0.1) is 0 Å². The number of imide groups is 1. The first kappa shape index (κ1) is 36.8. The van der Waals surface area contributed by atoms with Gasteiger partial charge < -0.3 is 25.2 Å². The third-order valence-electron chi connectivity index (χ3n) is 9.74. The number of rotatable bonds is 12. The van der Waals surface area contributed by atoms with E-state index in [-0.39, 0.29) is 35.9 Å². The first-order chi connectivity index (χ1) is 26.1. The number of nitrogens with one attached hydrogen (secondary N) is 3. The molecule has 0 radical (unpaired) electrons. The second-order valence-electron chi connectivity index (χ2n) is 13.4. The van der Waals surface area contributed by atoms with E-state index in [9.17, 15) is 23.6 Å². The quantitative estimate of drug-likeness (QED) is 0.105. The molecule has 13 nitrogen and oxygen atoms in total. The molecule has 0 saturated carbocycles. The normalized spacial score (nSPS) is 17.7. The van der Waals surface area contributed by atoms with Gasteiger partial charge in [0.2, 0.25) is 17.7 Å². The van der Waals surface area contributed by atoms with E-state index in [0.29, 0.717) is 59.0 Å². The molecule has 4 heterocycles. The number of piperidine rings is 1.